The molecule has 2 saturated carbocycles. The molecule has 1 aromatic rings. The van der Waals surface area contributed by atoms with Crippen LogP contribution in [0.25, 0.3) is 0 Å². The monoisotopic (exact) mass is 389 g/mol. The molecule has 1 amide bonds. The lowest BCUT2D eigenvalue weighted by Crippen LogP contribution is -2.44. The van der Waals surface area contributed by atoms with Gasteiger partial charge in [0.25, 0.3) is 0 Å². The lowest BCUT2D eigenvalue weighted by atomic mass is 9.69. The van der Waals surface area contributed by atoms with Gasteiger partial charge in [-0.25, -0.2) is 12.7 Å². The molecule has 0 aromatic heterocycles. The van der Waals surface area contributed by atoms with E-state index in [1.54, 1.807) is 0 Å². The van der Waals surface area contributed by atoms with E-state index >= 15 is 0 Å². The van der Waals surface area contributed by atoms with Crippen LogP contribution in [0.2, 0.25) is 0 Å². The quantitative estimate of drug-likeness (QED) is 0.753. The second-order valence-corrected chi connectivity index (χ2v) is 11.3. The zero-order valence-corrected chi connectivity index (χ0v) is 17.5. The molecule has 1 saturated heterocycles. The van der Waals surface area contributed by atoms with E-state index in [0.717, 1.165) is 37.7 Å². The Morgan fingerprint density at radius 3 is 2.59 bits per heavy atom. The first-order chi connectivity index (χ1) is 12.7. The second-order valence-electron chi connectivity index (χ2n) is 9.41. The van der Waals surface area contributed by atoms with E-state index in [2.05, 4.69) is 20.8 Å². The molecular weight excluding hydrogens is 358 g/mol. The lowest BCUT2D eigenvalue weighted by molar-refractivity contribution is -0.129. The molecule has 3 aliphatic rings. The molecule has 4 rings (SSSR count). The predicted molar refractivity (Wildman–Crippen MR) is 107 cm³/mol. The third-order valence-electron chi connectivity index (χ3n) is 7.99. The maximum absolute atomic E-state index is 13.3. The average Bonchev–Trinajstić information content (AvgIpc) is 3.09. The lowest BCUT2D eigenvalue weighted by Gasteiger charge is -2.37. The van der Waals surface area contributed by atoms with Crippen molar-refractivity contribution in [1.29, 1.82) is 0 Å². The Labute approximate surface area is 163 Å². The second kappa shape index (κ2) is 6.33. The molecule has 2 aliphatic carbocycles. The summed E-state index contributed by atoms with van der Waals surface area (Å²) in [7, 11) is -3.52. The van der Waals surface area contributed by atoms with Gasteiger partial charge < -0.3 is 0 Å². The number of hydrogen-bond donors (Lipinski definition) is 0. The van der Waals surface area contributed by atoms with Crippen LogP contribution in [0, 0.1) is 16.7 Å². The minimum absolute atomic E-state index is 0.00200. The highest BCUT2D eigenvalue weighted by molar-refractivity contribution is 7.90. The predicted octanol–water partition coefficient (Wildman–Crippen LogP) is 4.33. The highest BCUT2D eigenvalue weighted by Crippen LogP contribution is 2.70. The normalized spacial score (nSPS) is 33.8. The van der Waals surface area contributed by atoms with E-state index in [1.807, 2.05) is 30.3 Å². The number of carbonyl (C=O) groups is 1. The van der Waals surface area contributed by atoms with E-state index in [-0.39, 0.29) is 40.9 Å². The number of hydrogen-bond acceptors (Lipinski definition) is 3. The molecule has 4 nitrogen and oxygen atoms in total. The smallest absolute Gasteiger partial charge is 0.238 e. The van der Waals surface area contributed by atoms with Gasteiger partial charge in [-0.2, -0.15) is 0 Å². The topological polar surface area (TPSA) is 54.5 Å². The van der Waals surface area contributed by atoms with Crippen molar-refractivity contribution in [2.45, 2.75) is 71.3 Å². The number of sulfonamides is 1. The number of benzene rings is 1. The Kier molecular flexibility index (Phi) is 4.45. The van der Waals surface area contributed by atoms with Gasteiger partial charge in [-0.05, 0) is 48.5 Å². The van der Waals surface area contributed by atoms with Crippen molar-refractivity contribution in [2.75, 3.05) is 5.75 Å². The van der Waals surface area contributed by atoms with Gasteiger partial charge in [0, 0.05) is 11.8 Å². The van der Waals surface area contributed by atoms with Crippen molar-refractivity contribution < 1.29 is 13.2 Å². The number of amides is 1. The molecule has 1 aromatic carbocycles. The molecule has 1 heterocycles. The van der Waals surface area contributed by atoms with Crippen molar-refractivity contribution in [3.05, 3.63) is 35.9 Å². The Hall–Kier alpha value is -1.36. The van der Waals surface area contributed by atoms with Crippen LogP contribution in [0.1, 0.15) is 70.8 Å². The van der Waals surface area contributed by atoms with Gasteiger partial charge in [-0.3, -0.25) is 4.79 Å². The van der Waals surface area contributed by atoms with Crippen LogP contribution in [0.15, 0.2) is 30.3 Å². The van der Waals surface area contributed by atoms with Gasteiger partial charge in [0.2, 0.25) is 15.9 Å². The van der Waals surface area contributed by atoms with Crippen LogP contribution < -0.4 is 0 Å². The van der Waals surface area contributed by atoms with Crippen LogP contribution >= 0.6 is 0 Å². The summed E-state index contributed by atoms with van der Waals surface area (Å²) in [6, 6.07) is 9.93. The number of rotatable bonds is 5. The van der Waals surface area contributed by atoms with Crippen LogP contribution in [0.4, 0.5) is 0 Å². The summed E-state index contributed by atoms with van der Waals surface area (Å²) < 4.78 is 27.5. The molecule has 0 radical (unpaired) electrons. The number of fused-ring (bicyclic) bond motifs is 1. The van der Waals surface area contributed by atoms with Crippen LogP contribution in [0.5, 0.6) is 0 Å². The molecule has 2 bridgehead atoms. The van der Waals surface area contributed by atoms with Gasteiger partial charge in [-0.1, -0.05) is 57.5 Å². The number of nitrogens with zero attached hydrogens (tertiary/aromatic N) is 1. The summed E-state index contributed by atoms with van der Waals surface area (Å²) in [5.41, 5.74) is 0.897. The maximum Gasteiger partial charge on any atom is 0.238 e. The summed E-state index contributed by atoms with van der Waals surface area (Å²) in [6.45, 7) is 6.55. The van der Waals surface area contributed by atoms with Crippen molar-refractivity contribution in [3.63, 3.8) is 0 Å². The van der Waals surface area contributed by atoms with Gasteiger partial charge in [0.15, 0.2) is 0 Å². The van der Waals surface area contributed by atoms with Crippen molar-refractivity contribution in [2.24, 2.45) is 16.7 Å². The Balaban J connectivity index is 1.62. The van der Waals surface area contributed by atoms with E-state index in [4.69, 9.17) is 0 Å². The van der Waals surface area contributed by atoms with Crippen molar-refractivity contribution in [1.82, 2.24) is 4.31 Å². The van der Waals surface area contributed by atoms with Crippen LogP contribution in [-0.2, 0) is 14.8 Å². The molecule has 3 fully saturated rings. The van der Waals surface area contributed by atoms with Crippen molar-refractivity contribution >= 4 is 15.9 Å². The molecule has 5 heteroatoms. The minimum atomic E-state index is -3.52. The molecule has 0 N–H and O–H groups in total. The third-order valence-corrected chi connectivity index (χ3v) is 9.92. The summed E-state index contributed by atoms with van der Waals surface area (Å²) in [4.78, 5) is 13.3. The molecule has 148 valence electrons. The molecule has 1 aliphatic heterocycles. The maximum atomic E-state index is 13.3. The molecule has 0 unspecified atom stereocenters. The highest BCUT2D eigenvalue weighted by Gasteiger charge is 2.72. The van der Waals surface area contributed by atoms with Gasteiger partial charge in [-0.15, -0.1) is 0 Å². The summed E-state index contributed by atoms with van der Waals surface area (Å²) in [5, 5.41) is 0. The fraction of sp³-hybridized carbons (Fsp3) is 0.682. The van der Waals surface area contributed by atoms with Crippen LogP contribution in [-0.4, -0.2) is 30.4 Å². The van der Waals surface area contributed by atoms with Crippen molar-refractivity contribution in [3.8, 4) is 0 Å². The molecule has 1 spiro atoms. The Morgan fingerprint density at radius 1 is 1.26 bits per heavy atom. The van der Waals surface area contributed by atoms with Gasteiger partial charge >= 0.3 is 0 Å². The third kappa shape index (κ3) is 2.68. The fourth-order valence-corrected chi connectivity index (χ4v) is 8.94. The van der Waals surface area contributed by atoms with E-state index in [9.17, 15) is 13.2 Å². The van der Waals surface area contributed by atoms with Gasteiger partial charge in [0.05, 0.1) is 11.8 Å². The average molecular weight is 390 g/mol. The van der Waals surface area contributed by atoms with E-state index < -0.39 is 10.0 Å². The number of carbonyl (C=O) groups excluding carboxylic acids is 1. The first-order valence-electron chi connectivity index (χ1n) is 10.3. The zero-order chi connectivity index (χ0) is 19.4. The van der Waals surface area contributed by atoms with E-state index in [1.165, 1.54) is 4.31 Å². The standard InChI is InChI=1S/C22H31NO3S/c1-4-8-17(16-9-6-5-7-10-16)13-20(24)23-19-14-18-11-12-22(19,21(18,2)3)15-27(23,25)26/h5-7,9-10,17-19H,4,8,11-15H2,1-3H3/t17-,18-,19-,22-/m0/s1. The summed E-state index contributed by atoms with van der Waals surface area (Å²) in [5.74, 6) is 0.586. The van der Waals surface area contributed by atoms with Crippen LogP contribution in [0.3, 0.4) is 0 Å². The largest absolute Gasteiger partial charge is 0.274 e. The molecular formula is C22H31NO3S. The summed E-state index contributed by atoms with van der Waals surface area (Å²) >= 11 is 0. The molecule has 4 atom stereocenters. The molecule has 27 heavy (non-hydrogen) atoms. The minimum Gasteiger partial charge on any atom is -0.274 e. The SMILES string of the molecule is CCC[C@@H](CC(=O)N1[C@H]2C[C@@H]3CC[C@@]2(CS1(=O)=O)C3(C)C)c1ccccc1. The zero-order valence-electron chi connectivity index (χ0n) is 16.6. The highest BCUT2D eigenvalue weighted by atomic mass is 32.2. The fourth-order valence-electron chi connectivity index (χ4n) is 6.38. The van der Waals surface area contributed by atoms with Gasteiger partial charge in [0.1, 0.15) is 0 Å². The van der Waals surface area contributed by atoms with E-state index in [0.29, 0.717) is 5.92 Å². The Bertz CT molecular complexity index is 832. The first-order valence-corrected chi connectivity index (χ1v) is 11.9. The summed E-state index contributed by atoms with van der Waals surface area (Å²) in [6.07, 6.45) is 5.05. The first kappa shape index (κ1) is 19.0. The Morgan fingerprint density at radius 2 is 1.96 bits per heavy atom.